The molecule has 2 aromatic rings. The van der Waals surface area contributed by atoms with E-state index in [2.05, 4.69) is 10.3 Å². The van der Waals surface area contributed by atoms with Crippen LogP contribution >= 0.6 is 0 Å². The Morgan fingerprint density at radius 1 is 1.19 bits per heavy atom. The van der Waals surface area contributed by atoms with Crippen molar-refractivity contribution in [2.75, 3.05) is 19.6 Å². The summed E-state index contributed by atoms with van der Waals surface area (Å²) in [5.74, 6) is -0.152. The number of benzene rings is 1. The highest BCUT2D eigenvalue weighted by molar-refractivity contribution is 5.92. The van der Waals surface area contributed by atoms with E-state index in [-0.39, 0.29) is 23.5 Å². The fourth-order valence-electron chi connectivity index (χ4n) is 3.77. The van der Waals surface area contributed by atoms with Crippen molar-refractivity contribution in [1.29, 1.82) is 0 Å². The van der Waals surface area contributed by atoms with Gasteiger partial charge in [-0.05, 0) is 30.5 Å². The number of halogens is 1. The number of carbonyl (C=O) groups excluding carboxylic acids is 2. The first kappa shape index (κ1) is 17.6. The fraction of sp³-hybridized carbons (Fsp3) is 0.474. The van der Waals surface area contributed by atoms with Gasteiger partial charge in [-0.2, -0.15) is 0 Å². The molecular weight excluding hydrogens is 349 g/mol. The Morgan fingerprint density at radius 3 is 2.67 bits per heavy atom. The smallest absolute Gasteiger partial charge is 0.276 e. The molecule has 27 heavy (non-hydrogen) atoms. The molecule has 0 bridgehead atoms. The third-order valence-corrected chi connectivity index (χ3v) is 5.18. The summed E-state index contributed by atoms with van der Waals surface area (Å²) in [7, 11) is 0. The first-order valence-corrected chi connectivity index (χ1v) is 9.30. The first-order valence-electron chi connectivity index (χ1n) is 9.30. The lowest BCUT2D eigenvalue weighted by atomic mass is 10.1. The number of hydrogen-bond donors (Lipinski definition) is 0. The van der Waals surface area contributed by atoms with E-state index in [0.717, 1.165) is 31.5 Å². The van der Waals surface area contributed by atoms with Crippen LogP contribution < -0.4 is 0 Å². The summed E-state index contributed by atoms with van der Waals surface area (Å²) < 4.78 is 14.7. The average Bonchev–Trinajstić information content (AvgIpc) is 3.39. The second-order valence-electron chi connectivity index (χ2n) is 7.30. The van der Waals surface area contributed by atoms with Crippen LogP contribution in [0.4, 0.5) is 4.39 Å². The summed E-state index contributed by atoms with van der Waals surface area (Å²) >= 11 is 0. The molecule has 2 aliphatic rings. The molecule has 2 fully saturated rings. The zero-order chi connectivity index (χ0) is 18.8. The Labute approximate surface area is 156 Å². The van der Waals surface area contributed by atoms with Crippen LogP contribution in [0.15, 0.2) is 30.5 Å². The molecule has 1 aromatic heterocycles. The van der Waals surface area contributed by atoms with E-state index in [1.54, 1.807) is 32.8 Å². The molecule has 0 radical (unpaired) electrons. The van der Waals surface area contributed by atoms with Crippen molar-refractivity contribution < 1.29 is 14.0 Å². The van der Waals surface area contributed by atoms with Crippen LogP contribution in [0, 0.1) is 11.7 Å². The van der Waals surface area contributed by atoms with E-state index >= 15 is 0 Å². The molecule has 4 rings (SSSR count). The maximum absolute atomic E-state index is 13.0. The van der Waals surface area contributed by atoms with Gasteiger partial charge in [-0.25, -0.2) is 4.39 Å². The largest absolute Gasteiger partial charge is 0.338 e. The number of likely N-dealkylation sites (tertiary alicyclic amines) is 2. The van der Waals surface area contributed by atoms with Crippen molar-refractivity contribution in [2.45, 2.75) is 32.4 Å². The van der Waals surface area contributed by atoms with Crippen LogP contribution in [0.1, 0.15) is 35.3 Å². The van der Waals surface area contributed by atoms with Gasteiger partial charge in [-0.15, -0.1) is 5.10 Å². The minimum absolute atomic E-state index is 0.0702. The van der Waals surface area contributed by atoms with Crippen LogP contribution in [0.3, 0.4) is 0 Å². The Balaban J connectivity index is 1.34. The van der Waals surface area contributed by atoms with Gasteiger partial charge in [0, 0.05) is 45.1 Å². The van der Waals surface area contributed by atoms with Crippen molar-refractivity contribution >= 4 is 11.8 Å². The number of rotatable bonds is 5. The second-order valence-corrected chi connectivity index (χ2v) is 7.30. The zero-order valence-electron chi connectivity index (χ0n) is 15.1. The Bertz CT molecular complexity index is 829. The van der Waals surface area contributed by atoms with Crippen LogP contribution in [0.2, 0.25) is 0 Å². The molecule has 7 nitrogen and oxygen atoms in total. The maximum atomic E-state index is 13.0. The molecule has 142 valence electrons. The summed E-state index contributed by atoms with van der Waals surface area (Å²) in [5, 5.41) is 8.07. The molecular formula is C19H22FN5O2. The van der Waals surface area contributed by atoms with Gasteiger partial charge in [0.05, 0.1) is 6.20 Å². The number of amides is 2. The van der Waals surface area contributed by atoms with Crippen molar-refractivity contribution in [3.05, 3.63) is 47.5 Å². The molecule has 3 heterocycles. The normalized spacial score (nSPS) is 19.9. The average molecular weight is 371 g/mol. The van der Waals surface area contributed by atoms with Gasteiger partial charge in [0.15, 0.2) is 5.69 Å². The summed E-state index contributed by atoms with van der Waals surface area (Å²) in [6.45, 7) is 3.20. The third kappa shape index (κ3) is 3.99. The van der Waals surface area contributed by atoms with Gasteiger partial charge >= 0.3 is 0 Å². The van der Waals surface area contributed by atoms with E-state index < -0.39 is 0 Å². The molecule has 1 aromatic carbocycles. The summed E-state index contributed by atoms with van der Waals surface area (Å²) in [4.78, 5) is 28.2. The van der Waals surface area contributed by atoms with Gasteiger partial charge in [0.1, 0.15) is 5.82 Å². The molecule has 0 aliphatic carbocycles. The van der Waals surface area contributed by atoms with Gasteiger partial charge in [0.2, 0.25) is 5.91 Å². The summed E-state index contributed by atoms with van der Waals surface area (Å²) in [6, 6.07) is 6.20. The molecule has 2 amide bonds. The standard InChI is InChI=1S/C19H22FN5O2/c20-16-5-3-14(4-6-16)10-24-11-15(9-18(24)26)12-25-13-17(21-22-25)19(27)23-7-1-2-8-23/h3-6,13,15H,1-2,7-12H2. The van der Waals surface area contributed by atoms with Crippen LogP contribution in [0.25, 0.3) is 0 Å². The van der Waals surface area contributed by atoms with E-state index in [0.29, 0.717) is 31.7 Å². The zero-order valence-corrected chi connectivity index (χ0v) is 15.1. The predicted molar refractivity (Wildman–Crippen MR) is 95.1 cm³/mol. The van der Waals surface area contributed by atoms with E-state index in [4.69, 9.17) is 0 Å². The highest BCUT2D eigenvalue weighted by atomic mass is 19.1. The Kier molecular flexibility index (Phi) is 4.87. The van der Waals surface area contributed by atoms with Gasteiger partial charge in [0.25, 0.3) is 5.91 Å². The fourth-order valence-corrected chi connectivity index (χ4v) is 3.77. The Morgan fingerprint density at radius 2 is 1.93 bits per heavy atom. The van der Waals surface area contributed by atoms with Crippen molar-refractivity contribution in [3.8, 4) is 0 Å². The van der Waals surface area contributed by atoms with E-state index in [1.807, 2.05) is 0 Å². The molecule has 8 heteroatoms. The summed E-state index contributed by atoms with van der Waals surface area (Å²) in [6.07, 6.45) is 4.19. The second kappa shape index (κ2) is 7.46. The van der Waals surface area contributed by atoms with Crippen LogP contribution in [-0.4, -0.2) is 56.2 Å². The van der Waals surface area contributed by atoms with Crippen molar-refractivity contribution in [2.24, 2.45) is 5.92 Å². The number of aromatic nitrogens is 3. The van der Waals surface area contributed by atoms with E-state index in [1.165, 1.54) is 12.1 Å². The van der Waals surface area contributed by atoms with Gasteiger partial charge in [-0.3, -0.25) is 14.3 Å². The lowest BCUT2D eigenvalue weighted by Crippen LogP contribution is -2.27. The highest BCUT2D eigenvalue weighted by Gasteiger charge is 2.30. The maximum Gasteiger partial charge on any atom is 0.276 e. The minimum Gasteiger partial charge on any atom is -0.338 e. The van der Waals surface area contributed by atoms with Crippen LogP contribution in [-0.2, 0) is 17.9 Å². The number of hydrogen-bond acceptors (Lipinski definition) is 4. The molecule has 0 saturated carbocycles. The lowest BCUT2D eigenvalue weighted by Gasteiger charge is -2.16. The van der Waals surface area contributed by atoms with Gasteiger partial charge in [-0.1, -0.05) is 17.3 Å². The van der Waals surface area contributed by atoms with Crippen molar-refractivity contribution in [1.82, 2.24) is 24.8 Å². The quantitative estimate of drug-likeness (QED) is 0.802. The minimum atomic E-state index is -0.283. The predicted octanol–water partition coefficient (Wildman–Crippen LogP) is 1.70. The number of nitrogens with zero attached hydrogens (tertiary/aromatic N) is 5. The highest BCUT2D eigenvalue weighted by Crippen LogP contribution is 2.22. The molecule has 1 unspecified atom stereocenters. The number of carbonyl (C=O) groups is 2. The topological polar surface area (TPSA) is 71.3 Å². The molecule has 0 spiro atoms. The molecule has 1 atom stereocenters. The monoisotopic (exact) mass is 371 g/mol. The van der Waals surface area contributed by atoms with E-state index in [9.17, 15) is 14.0 Å². The molecule has 0 N–H and O–H groups in total. The third-order valence-electron chi connectivity index (χ3n) is 5.18. The first-order chi connectivity index (χ1) is 13.1. The van der Waals surface area contributed by atoms with Crippen molar-refractivity contribution in [3.63, 3.8) is 0 Å². The molecule has 2 saturated heterocycles. The SMILES string of the molecule is O=C1CC(Cn2cc(C(=O)N3CCCC3)nn2)CN1Cc1ccc(F)cc1. The van der Waals surface area contributed by atoms with Crippen LogP contribution in [0.5, 0.6) is 0 Å². The van der Waals surface area contributed by atoms with Gasteiger partial charge < -0.3 is 9.80 Å². The summed E-state index contributed by atoms with van der Waals surface area (Å²) in [5.41, 5.74) is 1.27. The Hall–Kier alpha value is -2.77. The lowest BCUT2D eigenvalue weighted by molar-refractivity contribution is -0.128. The molecule has 2 aliphatic heterocycles.